The molecule has 0 saturated carbocycles. The Bertz CT molecular complexity index is 536. The van der Waals surface area contributed by atoms with Crippen LogP contribution in [-0.4, -0.2) is 23.4 Å². The molecule has 1 aliphatic heterocycles. The monoisotopic (exact) mass is 279 g/mol. The van der Waals surface area contributed by atoms with Crippen LogP contribution in [0.4, 0.5) is 0 Å². The predicted octanol–water partition coefficient (Wildman–Crippen LogP) is 2.01. The van der Waals surface area contributed by atoms with Gasteiger partial charge in [-0.05, 0) is 17.7 Å². The molecule has 2 aromatic rings. The van der Waals surface area contributed by atoms with E-state index in [2.05, 4.69) is 27.2 Å². The van der Waals surface area contributed by atoms with Gasteiger partial charge in [-0.15, -0.1) is 12.4 Å². The first-order chi connectivity index (χ1) is 8.86. The normalized spacial score (nSPS) is 13.5. The summed E-state index contributed by atoms with van der Waals surface area (Å²) in [5, 5.41) is 7.84. The van der Waals surface area contributed by atoms with Crippen LogP contribution >= 0.6 is 12.4 Å². The van der Waals surface area contributed by atoms with Crippen molar-refractivity contribution in [2.24, 2.45) is 0 Å². The molecule has 0 fully saturated rings. The molecule has 0 radical (unpaired) electrons. The Labute approximate surface area is 119 Å². The maximum absolute atomic E-state index is 5.16. The first-order valence-corrected chi connectivity index (χ1v) is 6.24. The second-order valence-corrected chi connectivity index (χ2v) is 4.55. The van der Waals surface area contributed by atoms with Crippen LogP contribution in [-0.2, 0) is 19.5 Å². The number of ether oxygens (including phenoxy) is 1. The summed E-state index contributed by atoms with van der Waals surface area (Å²) in [6, 6.07) is 8.17. The highest BCUT2D eigenvalue weighted by atomic mass is 35.5. The van der Waals surface area contributed by atoms with Gasteiger partial charge in [0, 0.05) is 30.8 Å². The number of hydrogen-bond donors (Lipinski definition) is 1. The fourth-order valence-corrected chi connectivity index (χ4v) is 2.36. The van der Waals surface area contributed by atoms with Crippen molar-refractivity contribution in [1.82, 2.24) is 15.1 Å². The van der Waals surface area contributed by atoms with Gasteiger partial charge in [0.1, 0.15) is 5.75 Å². The Balaban J connectivity index is 0.00000133. The van der Waals surface area contributed by atoms with Gasteiger partial charge in [-0.25, -0.2) is 0 Å². The lowest BCUT2D eigenvalue weighted by Gasteiger charge is -2.15. The average Bonchev–Trinajstić information content (AvgIpc) is 2.83. The molecule has 0 amide bonds. The van der Waals surface area contributed by atoms with Crippen molar-refractivity contribution >= 4 is 12.4 Å². The molecule has 1 aliphatic rings. The summed E-state index contributed by atoms with van der Waals surface area (Å²) in [6.45, 7) is 2.82. The van der Waals surface area contributed by atoms with E-state index in [0.717, 1.165) is 31.8 Å². The van der Waals surface area contributed by atoms with E-state index < -0.39 is 0 Å². The van der Waals surface area contributed by atoms with E-state index in [4.69, 9.17) is 4.74 Å². The molecule has 0 aliphatic carbocycles. The van der Waals surface area contributed by atoms with Crippen molar-refractivity contribution in [3.63, 3.8) is 0 Å². The Kier molecular flexibility index (Phi) is 4.45. The van der Waals surface area contributed by atoms with Gasteiger partial charge in [0.05, 0.1) is 19.9 Å². The van der Waals surface area contributed by atoms with Crippen molar-refractivity contribution in [3.05, 3.63) is 47.3 Å². The molecule has 1 aromatic heterocycles. The smallest absolute Gasteiger partial charge is 0.118 e. The molecule has 1 N–H and O–H groups in total. The van der Waals surface area contributed by atoms with Crippen LogP contribution in [0.5, 0.6) is 5.75 Å². The molecule has 102 valence electrons. The fraction of sp³-hybridized carbons (Fsp3) is 0.357. The molecule has 0 unspecified atom stereocenters. The number of nitrogens with one attached hydrogen (secondary N) is 1. The van der Waals surface area contributed by atoms with Crippen LogP contribution in [0.15, 0.2) is 30.5 Å². The molecule has 1 aromatic carbocycles. The molecule has 2 heterocycles. The molecule has 19 heavy (non-hydrogen) atoms. The van der Waals surface area contributed by atoms with Gasteiger partial charge in [0.15, 0.2) is 0 Å². The van der Waals surface area contributed by atoms with Crippen molar-refractivity contribution in [2.45, 2.75) is 19.5 Å². The lowest BCUT2D eigenvalue weighted by molar-refractivity contribution is 0.414. The van der Waals surface area contributed by atoms with Gasteiger partial charge >= 0.3 is 0 Å². The van der Waals surface area contributed by atoms with E-state index >= 15 is 0 Å². The maximum atomic E-state index is 5.16. The highest BCUT2D eigenvalue weighted by Crippen LogP contribution is 2.16. The lowest BCUT2D eigenvalue weighted by atomic mass is 10.1. The summed E-state index contributed by atoms with van der Waals surface area (Å²) in [6.07, 6.45) is 3.04. The topological polar surface area (TPSA) is 39.1 Å². The highest BCUT2D eigenvalue weighted by molar-refractivity contribution is 5.85. The van der Waals surface area contributed by atoms with Crippen LogP contribution in [0.25, 0.3) is 0 Å². The standard InChI is InChI=1S/C14H17N3O.ClH/c1-18-13-4-2-11(3-5-13)10-17-14-6-7-15-8-12(14)9-16-17;/h2-5,9,15H,6-8,10H2,1H3;1H. The third-order valence-electron chi connectivity index (χ3n) is 3.38. The number of halogens is 1. The van der Waals surface area contributed by atoms with Crippen LogP contribution < -0.4 is 10.1 Å². The molecule has 0 bridgehead atoms. The van der Waals surface area contributed by atoms with E-state index in [1.165, 1.54) is 16.8 Å². The number of benzene rings is 1. The van der Waals surface area contributed by atoms with E-state index in [1.807, 2.05) is 18.3 Å². The maximum Gasteiger partial charge on any atom is 0.118 e. The Hall–Kier alpha value is -1.52. The average molecular weight is 280 g/mol. The number of rotatable bonds is 3. The zero-order valence-electron chi connectivity index (χ0n) is 10.9. The second-order valence-electron chi connectivity index (χ2n) is 4.55. The summed E-state index contributed by atoms with van der Waals surface area (Å²) in [5.74, 6) is 0.894. The largest absolute Gasteiger partial charge is 0.497 e. The molecular formula is C14H18ClN3O. The predicted molar refractivity (Wildman–Crippen MR) is 77.0 cm³/mol. The molecule has 0 atom stereocenters. The number of fused-ring (bicyclic) bond motifs is 1. The van der Waals surface area contributed by atoms with Crippen LogP contribution in [0.1, 0.15) is 16.8 Å². The molecule has 4 nitrogen and oxygen atoms in total. The van der Waals surface area contributed by atoms with Gasteiger partial charge in [-0.2, -0.15) is 5.10 Å². The minimum Gasteiger partial charge on any atom is -0.497 e. The third-order valence-corrected chi connectivity index (χ3v) is 3.38. The number of aromatic nitrogens is 2. The molecule has 3 rings (SSSR count). The first kappa shape index (κ1) is 13.9. The summed E-state index contributed by atoms with van der Waals surface area (Å²) >= 11 is 0. The molecule has 0 saturated heterocycles. The number of methoxy groups -OCH3 is 1. The first-order valence-electron chi connectivity index (χ1n) is 6.24. The Morgan fingerprint density at radius 1 is 1.32 bits per heavy atom. The summed E-state index contributed by atoms with van der Waals surface area (Å²) in [7, 11) is 1.69. The highest BCUT2D eigenvalue weighted by Gasteiger charge is 2.14. The van der Waals surface area contributed by atoms with Crippen LogP contribution in [0.3, 0.4) is 0 Å². The van der Waals surface area contributed by atoms with Gasteiger partial charge in [0.25, 0.3) is 0 Å². The minimum atomic E-state index is 0. The quantitative estimate of drug-likeness (QED) is 0.934. The fourth-order valence-electron chi connectivity index (χ4n) is 2.36. The van der Waals surface area contributed by atoms with E-state index in [1.54, 1.807) is 7.11 Å². The minimum absolute atomic E-state index is 0. The van der Waals surface area contributed by atoms with Crippen molar-refractivity contribution in [3.8, 4) is 5.75 Å². The van der Waals surface area contributed by atoms with Crippen LogP contribution in [0.2, 0.25) is 0 Å². The molecule has 5 heteroatoms. The SMILES string of the molecule is COc1ccc(Cn2ncc3c2CCNC3)cc1.Cl. The zero-order chi connectivity index (χ0) is 12.4. The third kappa shape index (κ3) is 2.91. The summed E-state index contributed by atoms with van der Waals surface area (Å²) in [5.41, 5.74) is 3.94. The Morgan fingerprint density at radius 2 is 2.11 bits per heavy atom. The van der Waals surface area contributed by atoms with Gasteiger partial charge in [-0.3, -0.25) is 4.68 Å². The van der Waals surface area contributed by atoms with Crippen molar-refractivity contribution in [1.29, 1.82) is 0 Å². The lowest BCUT2D eigenvalue weighted by Crippen LogP contribution is -2.24. The van der Waals surface area contributed by atoms with Gasteiger partial charge in [-0.1, -0.05) is 12.1 Å². The molecular weight excluding hydrogens is 262 g/mol. The zero-order valence-corrected chi connectivity index (χ0v) is 11.7. The van der Waals surface area contributed by atoms with Crippen molar-refractivity contribution < 1.29 is 4.74 Å². The second kappa shape index (κ2) is 6.08. The van der Waals surface area contributed by atoms with Crippen molar-refractivity contribution in [2.75, 3.05) is 13.7 Å². The number of nitrogens with zero attached hydrogens (tertiary/aromatic N) is 2. The van der Waals surface area contributed by atoms with E-state index in [9.17, 15) is 0 Å². The summed E-state index contributed by atoms with van der Waals surface area (Å²) < 4.78 is 7.27. The van der Waals surface area contributed by atoms with Crippen LogP contribution in [0, 0.1) is 0 Å². The summed E-state index contributed by atoms with van der Waals surface area (Å²) in [4.78, 5) is 0. The van der Waals surface area contributed by atoms with Gasteiger partial charge in [0.2, 0.25) is 0 Å². The Morgan fingerprint density at radius 3 is 2.84 bits per heavy atom. The number of hydrogen-bond acceptors (Lipinski definition) is 3. The van der Waals surface area contributed by atoms with E-state index in [0.29, 0.717) is 0 Å². The van der Waals surface area contributed by atoms with E-state index in [-0.39, 0.29) is 12.4 Å². The van der Waals surface area contributed by atoms with Gasteiger partial charge < -0.3 is 10.1 Å². The molecule has 0 spiro atoms.